The average molecular weight is 414 g/mol. The van der Waals surface area contributed by atoms with Crippen molar-refractivity contribution in [1.82, 2.24) is 10.2 Å². The number of carbonyl (C=O) groups is 3. The van der Waals surface area contributed by atoms with Crippen LogP contribution in [0.15, 0.2) is 53.3 Å². The van der Waals surface area contributed by atoms with Crippen LogP contribution in [0.1, 0.15) is 22.3 Å². The average Bonchev–Trinajstić information content (AvgIpc) is 3.47. The van der Waals surface area contributed by atoms with Gasteiger partial charge in [0.15, 0.2) is 5.78 Å². The summed E-state index contributed by atoms with van der Waals surface area (Å²) in [6, 6.07) is 10.2. The van der Waals surface area contributed by atoms with Gasteiger partial charge in [-0.05, 0) is 18.1 Å². The summed E-state index contributed by atoms with van der Waals surface area (Å²) in [4.78, 5) is 39.5. The predicted molar refractivity (Wildman–Crippen MR) is 107 cm³/mol. The SMILES string of the molecule is O=C(N[C@@H](CSCc1ccccc1)C(=O)N1CC[C@H]2OCC(=O)[C@H]21)c1ccoc1. The lowest BCUT2D eigenvalue weighted by Gasteiger charge is -2.27. The van der Waals surface area contributed by atoms with Crippen LogP contribution in [0.4, 0.5) is 0 Å². The van der Waals surface area contributed by atoms with Crippen LogP contribution in [0.3, 0.4) is 0 Å². The van der Waals surface area contributed by atoms with E-state index in [1.54, 1.807) is 22.7 Å². The first-order chi connectivity index (χ1) is 14.1. The number of Topliss-reactive ketones (excluding diaryl/α,β-unsaturated/α-hetero) is 1. The molecule has 152 valence electrons. The molecule has 1 N–H and O–H groups in total. The second-order valence-corrected chi connectivity index (χ2v) is 8.15. The smallest absolute Gasteiger partial charge is 0.255 e. The molecular formula is C21H22N2O5S. The van der Waals surface area contributed by atoms with Crippen molar-refractivity contribution in [3.05, 3.63) is 60.1 Å². The fraction of sp³-hybridized carbons (Fsp3) is 0.381. The molecular weight excluding hydrogens is 392 g/mol. The van der Waals surface area contributed by atoms with Gasteiger partial charge in [0.05, 0.1) is 17.9 Å². The zero-order valence-electron chi connectivity index (χ0n) is 15.8. The highest BCUT2D eigenvalue weighted by molar-refractivity contribution is 7.98. The summed E-state index contributed by atoms with van der Waals surface area (Å²) in [5.74, 6) is 0.439. The molecule has 2 aliphatic heterocycles. The number of ketones is 1. The minimum Gasteiger partial charge on any atom is -0.472 e. The number of furan rings is 1. The molecule has 0 aliphatic carbocycles. The van der Waals surface area contributed by atoms with E-state index in [1.807, 2.05) is 30.3 Å². The lowest BCUT2D eigenvalue weighted by atomic mass is 10.1. The molecule has 1 aromatic heterocycles. The number of carbonyl (C=O) groups excluding carboxylic acids is 3. The van der Waals surface area contributed by atoms with Crippen molar-refractivity contribution in [2.45, 2.75) is 30.4 Å². The Morgan fingerprint density at radius 3 is 2.83 bits per heavy atom. The number of hydrogen-bond donors (Lipinski definition) is 1. The molecule has 2 amide bonds. The number of likely N-dealkylation sites (tertiary alicyclic amines) is 1. The molecule has 0 radical (unpaired) electrons. The standard InChI is InChI=1S/C21H22N2O5S/c24-17-11-28-18-6-8-23(19(17)18)21(26)16(22-20(25)15-7-9-27-10-15)13-29-12-14-4-2-1-3-5-14/h1-5,7,9-10,16,18-19H,6,8,11-13H2,(H,22,25)/t16-,18+,19+/m0/s1. The van der Waals surface area contributed by atoms with Gasteiger partial charge in [-0.3, -0.25) is 14.4 Å². The summed E-state index contributed by atoms with van der Waals surface area (Å²) in [6.45, 7) is 0.509. The number of nitrogens with zero attached hydrogens (tertiary/aromatic N) is 1. The van der Waals surface area contributed by atoms with Crippen molar-refractivity contribution in [3.8, 4) is 0 Å². The molecule has 8 heteroatoms. The summed E-state index contributed by atoms with van der Waals surface area (Å²) in [5, 5.41) is 2.81. The number of nitrogens with one attached hydrogen (secondary N) is 1. The first-order valence-electron chi connectivity index (χ1n) is 9.53. The van der Waals surface area contributed by atoms with E-state index in [1.165, 1.54) is 12.5 Å². The molecule has 2 fully saturated rings. The van der Waals surface area contributed by atoms with Crippen LogP contribution in [0.5, 0.6) is 0 Å². The number of rotatable bonds is 7. The highest BCUT2D eigenvalue weighted by atomic mass is 32.2. The van der Waals surface area contributed by atoms with Crippen LogP contribution in [0.25, 0.3) is 0 Å². The molecule has 0 saturated carbocycles. The highest BCUT2D eigenvalue weighted by Crippen LogP contribution is 2.28. The first kappa shape index (κ1) is 19.7. The van der Waals surface area contributed by atoms with Crippen molar-refractivity contribution in [2.24, 2.45) is 0 Å². The van der Waals surface area contributed by atoms with Crippen LogP contribution in [-0.4, -0.2) is 59.6 Å². The molecule has 0 bridgehead atoms. The Morgan fingerprint density at radius 2 is 2.07 bits per heavy atom. The van der Waals surface area contributed by atoms with E-state index in [9.17, 15) is 14.4 Å². The van der Waals surface area contributed by atoms with Gasteiger partial charge in [-0.25, -0.2) is 0 Å². The third kappa shape index (κ3) is 4.38. The van der Waals surface area contributed by atoms with Gasteiger partial charge in [0.2, 0.25) is 5.91 Å². The largest absolute Gasteiger partial charge is 0.472 e. The van der Waals surface area contributed by atoms with E-state index in [0.29, 0.717) is 24.3 Å². The van der Waals surface area contributed by atoms with Gasteiger partial charge in [0.25, 0.3) is 5.91 Å². The van der Waals surface area contributed by atoms with E-state index < -0.39 is 12.1 Å². The lowest BCUT2D eigenvalue weighted by Crippen LogP contribution is -2.53. The summed E-state index contributed by atoms with van der Waals surface area (Å²) >= 11 is 1.57. The topological polar surface area (TPSA) is 88.9 Å². The lowest BCUT2D eigenvalue weighted by molar-refractivity contribution is -0.137. The highest BCUT2D eigenvalue weighted by Gasteiger charge is 2.48. The number of ether oxygens (including phenoxy) is 1. The molecule has 2 saturated heterocycles. The quantitative estimate of drug-likeness (QED) is 0.744. The van der Waals surface area contributed by atoms with Crippen molar-refractivity contribution >= 4 is 29.4 Å². The van der Waals surface area contributed by atoms with Crippen LogP contribution < -0.4 is 5.32 Å². The summed E-state index contributed by atoms with van der Waals surface area (Å²) < 4.78 is 10.4. The first-order valence-corrected chi connectivity index (χ1v) is 10.7. The third-order valence-electron chi connectivity index (χ3n) is 5.18. The fourth-order valence-corrected chi connectivity index (χ4v) is 4.73. The van der Waals surface area contributed by atoms with Gasteiger partial charge in [0, 0.05) is 18.1 Å². The maximum Gasteiger partial charge on any atom is 0.255 e. The fourth-order valence-electron chi connectivity index (χ4n) is 3.72. The zero-order chi connectivity index (χ0) is 20.2. The maximum atomic E-state index is 13.2. The van der Waals surface area contributed by atoms with E-state index in [0.717, 1.165) is 11.3 Å². The second kappa shape index (κ2) is 8.84. The molecule has 2 aliphatic rings. The van der Waals surface area contributed by atoms with Crippen LogP contribution >= 0.6 is 11.8 Å². The maximum absolute atomic E-state index is 13.2. The van der Waals surface area contributed by atoms with Gasteiger partial charge < -0.3 is 19.4 Å². The van der Waals surface area contributed by atoms with Gasteiger partial charge in [-0.2, -0.15) is 11.8 Å². The number of fused-ring (bicyclic) bond motifs is 1. The summed E-state index contributed by atoms with van der Waals surface area (Å²) in [7, 11) is 0. The van der Waals surface area contributed by atoms with Crippen molar-refractivity contribution in [1.29, 1.82) is 0 Å². The molecule has 29 heavy (non-hydrogen) atoms. The Labute approximate surface area is 172 Å². The van der Waals surface area contributed by atoms with E-state index in [2.05, 4.69) is 5.32 Å². The molecule has 7 nitrogen and oxygen atoms in total. The van der Waals surface area contributed by atoms with Crippen LogP contribution in [0.2, 0.25) is 0 Å². The number of thioether (sulfide) groups is 1. The Hall–Kier alpha value is -2.58. The van der Waals surface area contributed by atoms with Crippen LogP contribution in [0, 0.1) is 0 Å². The monoisotopic (exact) mass is 414 g/mol. The van der Waals surface area contributed by atoms with Crippen LogP contribution in [-0.2, 0) is 20.1 Å². The minimum atomic E-state index is -0.738. The van der Waals surface area contributed by atoms with E-state index in [4.69, 9.17) is 9.15 Å². The molecule has 0 unspecified atom stereocenters. The van der Waals surface area contributed by atoms with Gasteiger partial charge in [-0.1, -0.05) is 30.3 Å². The summed E-state index contributed by atoms with van der Waals surface area (Å²) in [5.41, 5.74) is 1.50. The van der Waals surface area contributed by atoms with Crippen molar-refractivity contribution < 1.29 is 23.5 Å². The molecule has 4 rings (SSSR count). The van der Waals surface area contributed by atoms with Gasteiger partial charge in [0.1, 0.15) is 25.0 Å². The van der Waals surface area contributed by atoms with E-state index >= 15 is 0 Å². The second-order valence-electron chi connectivity index (χ2n) is 7.12. The van der Waals surface area contributed by atoms with E-state index in [-0.39, 0.29) is 30.3 Å². The zero-order valence-corrected chi connectivity index (χ0v) is 16.6. The Kier molecular flexibility index (Phi) is 6.01. The van der Waals surface area contributed by atoms with Gasteiger partial charge >= 0.3 is 0 Å². The third-order valence-corrected chi connectivity index (χ3v) is 6.28. The minimum absolute atomic E-state index is 0.0495. The number of benzene rings is 1. The predicted octanol–water partition coefficient (Wildman–Crippen LogP) is 1.88. The molecule has 3 heterocycles. The molecule has 2 aromatic rings. The summed E-state index contributed by atoms with van der Waals surface area (Å²) in [6.07, 6.45) is 3.17. The Morgan fingerprint density at radius 1 is 1.24 bits per heavy atom. The van der Waals surface area contributed by atoms with Crippen molar-refractivity contribution in [2.75, 3.05) is 18.9 Å². The molecule has 0 spiro atoms. The van der Waals surface area contributed by atoms with Crippen molar-refractivity contribution in [3.63, 3.8) is 0 Å². The normalized spacial score (nSPS) is 21.8. The van der Waals surface area contributed by atoms with Gasteiger partial charge in [-0.15, -0.1) is 0 Å². The number of amides is 2. The number of hydrogen-bond acceptors (Lipinski definition) is 6. The Balaban J connectivity index is 1.45. The molecule has 1 aromatic carbocycles. The molecule has 3 atom stereocenters. The Bertz CT molecular complexity index is 870.